The van der Waals surface area contributed by atoms with E-state index in [1.54, 1.807) is 7.11 Å². The molecule has 0 aliphatic carbocycles. The third-order valence-electron chi connectivity index (χ3n) is 2.55. The van der Waals surface area contributed by atoms with Gasteiger partial charge < -0.3 is 15.4 Å². The Morgan fingerprint density at radius 2 is 2.08 bits per heavy atom. The molecule has 2 N–H and O–H groups in total. The molecule has 1 heterocycles. The topological polar surface area (TPSA) is 33.3 Å². The predicted octanol–water partition coefficient (Wildman–Crippen LogP) is 0.755. The van der Waals surface area contributed by atoms with Crippen molar-refractivity contribution in [1.29, 1.82) is 0 Å². The van der Waals surface area contributed by atoms with Crippen molar-refractivity contribution in [2.45, 2.75) is 31.7 Å². The first kappa shape index (κ1) is 11.0. The normalized spacial score (nSPS) is 19.2. The summed E-state index contributed by atoms with van der Waals surface area (Å²) >= 11 is 0. The Bertz CT molecular complexity index is 113. The molecule has 0 aromatic rings. The molecule has 1 fully saturated rings. The van der Waals surface area contributed by atoms with Gasteiger partial charge in [0.05, 0.1) is 0 Å². The van der Waals surface area contributed by atoms with E-state index in [0.717, 1.165) is 19.2 Å². The van der Waals surface area contributed by atoms with Crippen LogP contribution in [-0.2, 0) is 4.74 Å². The summed E-state index contributed by atoms with van der Waals surface area (Å²) in [5.74, 6) is 0. The zero-order valence-corrected chi connectivity index (χ0v) is 8.64. The number of methoxy groups -OCH3 is 1. The van der Waals surface area contributed by atoms with E-state index in [0.29, 0.717) is 0 Å². The first-order valence-electron chi connectivity index (χ1n) is 5.36. The molecular weight excluding hydrogens is 164 g/mol. The van der Waals surface area contributed by atoms with E-state index in [9.17, 15) is 0 Å². The summed E-state index contributed by atoms with van der Waals surface area (Å²) in [5.41, 5.74) is 0. The lowest BCUT2D eigenvalue weighted by Gasteiger charge is -2.23. The second-order valence-corrected chi connectivity index (χ2v) is 3.68. The molecule has 78 valence electrons. The Morgan fingerprint density at radius 3 is 2.77 bits per heavy atom. The van der Waals surface area contributed by atoms with Crippen molar-refractivity contribution in [3.63, 3.8) is 0 Å². The molecule has 1 saturated heterocycles. The maximum absolute atomic E-state index is 5.00. The molecule has 0 atom stereocenters. The molecule has 1 rings (SSSR count). The van der Waals surface area contributed by atoms with Crippen molar-refractivity contribution >= 4 is 0 Å². The van der Waals surface area contributed by atoms with Gasteiger partial charge in [-0.15, -0.1) is 0 Å². The van der Waals surface area contributed by atoms with E-state index < -0.39 is 0 Å². The third kappa shape index (κ3) is 5.24. The van der Waals surface area contributed by atoms with E-state index in [-0.39, 0.29) is 0 Å². The number of hydrogen-bond acceptors (Lipinski definition) is 3. The molecule has 0 unspecified atom stereocenters. The molecule has 0 spiro atoms. The predicted molar refractivity (Wildman–Crippen MR) is 55.0 cm³/mol. The number of nitrogens with one attached hydrogen (secondary N) is 2. The largest absolute Gasteiger partial charge is 0.385 e. The number of unbranched alkanes of at least 4 members (excludes halogenated alkanes) is 1. The summed E-state index contributed by atoms with van der Waals surface area (Å²) in [4.78, 5) is 0. The second-order valence-electron chi connectivity index (χ2n) is 3.68. The van der Waals surface area contributed by atoms with Crippen LogP contribution < -0.4 is 10.6 Å². The van der Waals surface area contributed by atoms with Gasteiger partial charge in [-0.1, -0.05) is 0 Å². The lowest BCUT2D eigenvalue weighted by Crippen LogP contribution is -2.40. The molecular formula is C10H22N2O. The minimum Gasteiger partial charge on any atom is -0.385 e. The van der Waals surface area contributed by atoms with Crippen molar-refractivity contribution in [3.8, 4) is 0 Å². The highest BCUT2D eigenvalue weighted by molar-refractivity contribution is 4.73. The Kier molecular flexibility index (Phi) is 6.15. The van der Waals surface area contributed by atoms with Gasteiger partial charge in [0.15, 0.2) is 0 Å². The van der Waals surface area contributed by atoms with Crippen molar-refractivity contribution < 1.29 is 4.74 Å². The van der Waals surface area contributed by atoms with Crippen molar-refractivity contribution in [3.05, 3.63) is 0 Å². The van der Waals surface area contributed by atoms with Crippen LogP contribution in [0.5, 0.6) is 0 Å². The van der Waals surface area contributed by atoms with Gasteiger partial charge in [0, 0.05) is 19.8 Å². The van der Waals surface area contributed by atoms with Crippen molar-refractivity contribution in [2.24, 2.45) is 0 Å². The molecule has 0 amide bonds. The molecule has 3 nitrogen and oxygen atoms in total. The average molecular weight is 186 g/mol. The highest BCUT2D eigenvalue weighted by Gasteiger charge is 2.10. The fraction of sp³-hybridized carbons (Fsp3) is 1.00. The van der Waals surface area contributed by atoms with E-state index >= 15 is 0 Å². The lowest BCUT2D eigenvalue weighted by molar-refractivity contribution is 0.192. The van der Waals surface area contributed by atoms with Crippen LogP contribution in [-0.4, -0.2) is 39.4 Å². The molecule has 0 aromatic carbocycles. The van der Waals surface area contributed by atoms with E-state index in [4.69, 9.17) is 4.74 Å². The van der Waals surface area contributed by atoms with Crippen LogP contribution in [0.15, 0.2) is 0 Å². The molecule has 0 saturated carbocycles. The number of rotatable bonds is 6. The summed E-state index contributed by atoms with van der Waals surface area (Å²) in [6.45, 7) is 4.40. The summed E-state index contributed by atoms with van der Waals surface area (Å²) < 4.78 is 5.00. The Labute approximate surface area is 81.2 Å². The van der Waals surface area contributed by atoms with E-state index in [1.807, 2.05) is 0 Å². The zero-order valence-electron chi connectivity index (χ0n) is 8.64. The van der Waals surface area contributed by atoms with Gasteiger partial charge in [0.2, 0.25) is 0 Å². The van der Waals surface area contributed by atoms with Crippen LogP contribution in [0, 0.1) is 0 Å². The number of ether oxygens (including phenoxy) is 1. The fourth-order valence-corrected chi connectivity index (χ4v) is 1.70. The molecule has 1 aliphatic heterocycles. The highest BCUT2D eigenvalue weighted by atomic mass is 16.5. The third-order valence-corrected chi connectivity index (χ3v) is 2.55. The average Bonchev–Trinajstić information content (AvgIpc) is 2.19. The minimum atomic E-state index is 0.754. The summed E-state index contributed by atoms with van der Waals surface area (Å²) in [7, 11) is 1.76. The van der Waals surface area contributed by atoms with Gasteiger partial charge in [-0.05, 0) is 45.3 Å². The van der Waals surface area contributed by atoms with Gasteiger partial charge in [0.1, 0.15) is 0 Å². The SMILES string of the molecule is COCCCCNC1CCNCC1. The standard InChI is InChI=1S/C10H22N2O/c1-13-9-3-2-6-12-10-4-7-11-8-5-10/h10-12H,2-9H2,1H3. The van der Waals surface area contributed by atoms with Gasteiger partial charge in [-0.3, -0.25) is 0 Å². The van der Waals surface area contributed by atoms with Crippen LogP contribution >= 0.6 is 0 Å². The van der Waals surface area contributed by atoms with Crippen LogP contribution in [0.1, 0.15) is 25.7 Å². The van der Waals surface area contributed by atoms with Gasteiger partial charge >= 0.3 is 0 Å². The summed E-state index contributed by atoms with van der Waals surface area (Å²) in [6, 6.07) is 0.754. The second kappa shape index (κ2) is 7.30. The molecule has 1 aliphatic rings. The highest BCUT2D eigenvalue weighted by Crippen LogP contribution is 2.01. The van der Waals surface area contributed by atoms with E-state index in [1.165, 1.54) is 38.8 Å². The van der Waals surface area contributed by atoms with Crippen LogP contribution in [0.2, 0.25) is 0 Å². The molecule has 3 heteroatoms. The molecule has 0 radical (unpaired) electrons. The van der Waals surface area contributed by atoms with Crippen molar-refractivity contribution in [1.82, 2.24) is 10.6 Å². The number of piperidine rings is 1. The fourth-order valence-electron chi connectivity index (χ4n) is 1.70. The Hall–Kier alpha value is -0.120. The maximum Gasteiger partial charge on any atom is 0.0462 e. The smallest absolute Gasteiger partial charge is 0.0462 e. The molecule has 13 heavy (non-hydrogen) atoms. The molecule has 0 bridgehead atoms. The van der Waals surface area contributed by atoms with Gasteiger partial charge in [0.25, 0.3) is 0 Å². The summed E-state index contributed by atoms with van der Waals surface area (Å²) in [6.07, 6.45) is 4.97. The Balaban J connectivity index is 1.86. The van der Waals surface area contributed by atoms with Crippen molar-refractivity contribution in [2.75, 3.05) is 33.4 Å². The van der Waals surface area contributed by atoms with E-state index in [2.05, 4.69) is 10.6 Å². The van der Waals surface area contributed by atoms with Crippen LogP contribution in [0.3, 0.4) is 0 Å². The number of hydrogen-bond donors (Lipinski definition) is 2. The zero-order chi connectivity index (χ0) is 9.36. The first-order chi connectivity index (χ1) is 6.43. The summed E-state index contributed by atoms with van der Waals surface area (Å²) in [5, 5.41) is 6.95. The first-order valence-corrected chi connectivity index (χ1v) is 5.36. The van der Waals surface area contributed by atoms with Crippen LogP contribution in [0.4, 0.5) is 0 Å². The monoisotopic (exact) mass is 186 g/mol. The lowest BCUT2D eigenvalue weighted by atomic mass is 10.1. The van der Waals surface area contributed by atoms with Gasteiger partial charge in [-0.25, -0.2) is 0 Å². The minimum absolute atomic E-state index is 0.754. The maximum atomic E-state index is 5.00. The Morgan fingerprint density at radius 1 is 1.31 bits per heavy atom. The quantitative estimate of drug-likeness (QED) is 0.601. The van der Waals surface area contributed by atoms with Gasteiger partial charge in [-0.2, -0.15) is 0 Å². The molecule has 0 aromatic heterocycles. The van der Waals surface area contributed by atoms with Crippen LogP contribution in [0.25, 0.3) is 0 Å².